The van der Waals surface area contributed by atoms with Crippen molar-refractivity contribution in [1.82, 2.24) is 0 Å². The summed E-state index contributed by atoms with van der Waals surface area (Å²) in [6.45, 7) is 1.31. The number of anilines is 2. The number of esters is 1. The Morgan fingerprint density at radius 3 is 1.90 bits per heavy atom. The Bertz CT molecular complexity index is 1060. The lowest BCUT2D eigenvalue weighted by Gasteiger charge is -2.10. The summed E-state index contributed by atoms with van der Waals surface area (Å²) in [5.74, 6) is -0.116. The predicted octanol–water partition coefficient (Wildman–Crippen LogP) is 4.13. The smallest absolute Gasteiger partial charge is 0.308 e. The highest BCUT2D eigenvalue weighted by atomic mass is 16.5. The molecule has 0 bridgehead atoms. The van der Waals surface area contributed by atoms with Crippen molar-refractivity contribution in [1.29, 1.82) is 0 Å². The van der Waals surface area contributed by atoms with Crippen LogP contribution in [0.1, 0.15) is 27.6 Å². The third-order valence-electron chi connectivity index (χ3n) is 4.14. The van der Waals surface area contributed by atoms with Crippen LogP contribution in [0.25, 0.3) is 0 Å². The number of para-hydroxylation sites is 2. The average molecular weight is 404 g/mol. The number of ether oxygens (including phenoxy) is 2. The number of carbonyl (C=O) groups excluding carboxylic acids is 3. The molecular formula is C23H20N2O5. The van der Waals surface area contributed by atoms with Crippen molar-refractivity contribution in [2.45, 2.75) is 6.92 Å². The number of nitrogens with one attached hydrogen (secondary N) is 2. The molecule has 0 heterocycles. The van der Waals surface area contributed by atoms with Crippen LogP contribution < -0.4 is 20.1 Å². The van der Waals surface area contributed by atoms with Gasteiger partial charge in [-0.05, 0) is 60.7 Å². The molecule has 0 aliphatic carbocycles. The van der Waals surface area contributed by atoms with Crippen molar-refractivity contribution in [2.75, 3.05) is 17.7 Å². The molecule has 0 atom stereocenters. The molecule has 3 rings (SSSR count). The number of benzene rings is 3. The van der Waals surface area contributed by atoms with Gasteiger partial charge in [0, 0.05) is 23.7 Å². The topological polar surface area (TPSA) is 93.7 Å². The Morgan fingerprint density at radius 2 is 1.30 bits per heavy atom. The van der Waals surface area contributed by atoms with E-state index in [4.69, 9.17) is 9.47 Å². The molecular weight excluding hydrogens is 384 g/mol. The van der Waals surface area contributed by atoms with Gasteiger partial charge in [-0.15, -0.1) is 0 Å². The van der Waals surface area contributed by atoms with Crippen LogP contribution in [-0.2, 0) is 4.79 Å². The number of methoxy groups -OCH3 is 1. The second kappa shape index (κ2) is 9.38. The van der Waals surface area contributed by atoms with Gasteiger partial charge in [0.05, 0.1) is 12.8 Å². The lowest BCUT2D eigenvalue weighted by molar-refractivity contribution is -0.131. The third-order valence-corrected chi connectivity index (χ3v) is 4.14. The zero-order valence-corrected chi connectivity index (χ0v) is 16.5. The van der Waals surface area contributed by atoms with Crippen LogP contribution in [0.5, 0.6) is 11.5 Å². The fraction of sp³-hybridized carbons (Fsp3) is 0.0870. The van der Waals surface area contributed by atoms with Crippen LogP contribution in [0.4, 0.5) is 11.4 Å². The van der Waals surface area contributed by atoms with Crippen molar-refractivity contribution in [3.8, 4) is 11.5 Å². The molecule has 0 unspecified atom stereocenters. The van der Waals surface area contributed by atoms with E-state index in [0.29, 0.717) is 34.0 Å². The Labute approximate surface area is 173 Å². The molecule has 0 aliphatic heterocycles. The molecule has 3 aromatic carbocycles. The molecule has 2 N–H and O–H groups in total. The number of rotatable bonds is 6. The molecule has 30 heavy (non-hydrogen) atoms. The van der Waals surface area contributed by atoms with Gasteiger partial charge in [0.2, 0.25) is 0 Å². The SMILES string of the molecule is COc1ccccc1NC(=O)c1ccc(NC(=O)c2ccc(OC(C)=O)cc2)cc1. The maximum Gasteiger partial charge on any atom is 0.308 e. The van der Waals surface area contributed by atoms with E-state index in [-0.39, 0.29) is 11.8 Å². The molecule has 0 fully saturated rings. The Morgan fingerprint density at radius 1 is 0.733 bits per heavy atom. The van der Waals surface area contributed by atoms with E-state index in [1.54, 1.807) is 66.7 Å². The van der Waals surface area contributed by atoms with Crippen molar-refractivity contribution in [3.05, 3.63) is 83.9 Å². The first-order valence-electron chi connectivity index (χ1n) is 9.10. The van der Waals surface area contributed by atoms with Crippen molar-refractivity contribution in [3.63, 3.8) is 0 Å². The molecule has 3 aromatic rings. The number of carbonyl (C=O) groups is 3. The van der Waals surface area contributed by atoms with Crippen LogP contribution in [0.2, 0.25) is 0 Å². The number of amides is 2. The molecule has 7 heteroatoms. The maximum absolute atomic E-state index is 12.5. The van der Waals surface area contributed by atoms with E-state index in [1.165, 1.54) is 14.0 Å². The molecule has 0 aliphatic rings. The maximum atomic E-state index is 12.5. The van der Waals surface area contributed by atoms with Gasteiger partial charge in [-0.1, -0.05) is 12.1 Å². The summed E-state index contributed by atoms with van der Waals surface area (Å²) >= 11 is 0. The largest absolute Gasteiger partial charge is 0.495 e. The molecule has 0 aromatic heterocycles. The normalized spacial score (nSPS) is 10.1. The standard InChI is InChI=1S/C23H20N2O5/c1-15(26)30-19-13-9-17(10-14-19)22(27)24-18-11-7-16(8-12-18)23(28)25-20-5-3-4-6-21(20)29-2/h3-14H,1-2H3,(H,24,27)(H,25,28). The van der Waals surface area contributed by atoms with Crippen LogP contribution in [-0.4, -0.2) is 24.9 Å². The zero-order valence-electron chi connectivity index (χ0n) is 16.5. The van der Waals surface area contributed by atoms with Crippen molar-refractivity contribution >= 4 is 29.2 Å². The van der Waals surface area contributed by atoms with Gasteiger partial charge in [-0.25, -0.2) is 0 Å². The first-order chi connectivity index (χ1) is 14.5. The molecule has 0 saturated heterocycles. The summed E-state index contributed by atoms with van der Waals surface area (Å²) in [6, 6.07) is 19.8. The molecule has 0 spiro atoms. The summed E-state index contributed by atoms with van der Waals surface area (Å²) in [7, 11) is 1.53. The van der Waals surface area contributed by atoms with Gasteiger partial charge in [0.15, 0.2) is 0 Å². The first-order valence-corrected chi connectivity index (χ1v) is 9.10. The quantitative estimate of drug-likeness (QED) is 0.476. The van der Waals surface area contributed by atoms with Gasteiger partial charge in [0.1, 0.15) is 11.5 Å². The van der Waals surface area contributed by atoms with E-state index in [2.05, 4.69) is 10.6 Å². The second-order valence-corrected chi connectivity index (χ2v) is 6.30. The fourth-order valence-electron chi connectivity index (χ4n) is 2.69. The molecule has 152 valence electrons. The highest BCUT2D eigenvalue weighted by molar-refractivity contribution is 6.06. The van der Waals surface area contributed by atoms with E-state index in [1.807, 2.05) is 6.07 Å². The van der Waals surface area contributed by atoms with Gasteiger partial charge in [0.25, 0.3) is 11.8 Å². The molecule has 7 nitrogen and oxygen atoms in total. The highest BCUT2D eigenvalue weighted by Crippen LogP contribution is 2.24. The summed E-state index contributed by atoms with van der Waals surface area (Å²) in [6.07, 6.45) is 0. The minimum absolute atomic E-state index is 0.293. The van der Waals surface area contributed by atoms with Gasteiger partial charge < -0.3 is 20.1 Å². The van der Waals surface area contributed by atoms with E-state index in [0.717, 1.165) is 0 Å². The summed E-state index contributed by atoms with van der Waals surface area (Å²) in [5, 5.41) is 5.55. The minimum atomic E-state index is -0.429. The molecule has 2 amide bonds. The van der Waals surface area contributed by atoms with Crippen LogP contribution in [0.3, 0.4) is 0 Å². The molecule has 0 saturated carbocycles. The summed E-state index contributed by atoms with van der Waals surface area (Å²) < 4.78 is 10.2. The Hall–Kier alpha value is -4.13. The minimum Gasteiger partial charge on any atom is -0.495 e. The zero-order chi connectivity index (χ0) is 21.5. The van der Waals surface area contributed by atoms with E-state index < -0.39 is 5.97 Å². The highest BCUT2D eigenvalue weighted by Gasteiger charge is 2.11. The monoisotopic (exact) mass is 404 g/mol. The summed E-state index contributed by atoms with van der Waals surface area (Å²) in [4.78, 5) is 35.8. The van der Waals surface area contributed by atoms with Crippen LogP contribution >= 0.6 is 0 Å². The second-order valence-electron chi connectivity index (χ2n) is 6.30. The predicted molar refractivity (Wildman–Crippen MR) is 113 cm³/mol. The van der Waals surface area contributed by atoms with Crippen molar-refractivity contribution < 1.29 is 23.9 Å². The lowest BCUT2D eigenvalue weighted by Crippen LogP contribution is -2.14. The number of hydrogen-bond acceptors (Lipinski definition) is 5. The van der Waals surface area contributed by atoms with E-state index >= 15 is 0 Å². The fourth-order valence-corrected chi connectivity index (χ4v) is 2.69. The van der Waals surface area contributed by atoms with Gasteiger partial charge in [-0.2, -0.15) is 0 Å². The lowest BCUT2D eigenvalue weighted by atomic mass is 10.1. The van der Waals surface area contributed by atoms with Gasteiger partial charge >= 0.3 is 5.97 Å². The van der Waals surface area contributed by atoms with Crippen molar-refractivity contribution in [2.24, 2.45) is 0 Å². The number of hydrogen-bond donors (Lipinski definition) is 2. The summed E-state index contributed by atoms with van der Waals surface area (Å²) in [5.41, 5.74) is 1.95. The Kier molecular flexibility index (Phi) is 6.44. The van der Waals surface area contributed by atoms with Crippen LogP contribution in [0, 0.1) is 0 Å². The third kappa shape index (κ3) is 5.23. The van der Waals surface area contributed by atoms with E-state index in [9.17, 15) is 14.4 Å². The molecule has 0 radical (unpaired) electrons. The van der Waals surface area contributed by atoms with Crippen LogP contribution in [0.15, 0.2) is 72.8 Å². The average Bonchev–Trinajstić information content (AvgIpc) is 2.74. The first kappa shape index (κ1) is 20.6. The van der Waals surface area contributed by atoms with Gasteiger partial charge in [-0.3, -0.25) is 14.4 Å². The Balaban J connectivity index is 1.63.